The fraction of sp³-hybridized carbons (Fsp3) is 0.250. The number of aromatic nitrogens is 2. The van der Waals surface area contributed by atoms with E-state index in [1.807, 2.05) is 83.8 Å². The van der Waals surface area contributed by atoms with Gasteiger partial charge in [0.2, 0.25) is 0 Å². The van der Waals surface area contributed by atoms with E-state index in [1.54, 1.807) is 6.07 Å². The van der Waals surface area contributed by atoms with Gasteiger partial charge >= 0.3 is 0 Å². The predicted molar refractivity (Wildman–Crippen MR) is 130 cm³/mol. The summed E-state index contributed by atoms with van der Waals surface area (Å²) in [5.41, 5.74) is 2.20. The first-order chi connectivity index (χ1) is 16.1. The maximum Gasteiger partial charge on any atom is 0.275 e. The Kier molecular flexibility index (Phi) is 5.78. The second-order valence-electron chi connectivity index (χ2n) is 8.84. The number of benzene rings is 3. The first-order valence-corrected chi connectivity index (χ1v) is 11.5. The standard InChI is InChI=1S/C28H27N3O2/c1-20(23-16-17-23)30(18-21-10-4-2-5-11-21)28(33)26-24-14-8-9-15-25(24)27(32)31(29-26)19-22-12-6-3-7-13-22/h2-15,20,23H,16-19H2,1H3. The lowest BCUT2D eigenvalue weighted by Gasteiger charge is -2.30. The van der Waals surface area contributed by atoms with Crippen molar-refractivity contribution in [1.82, 2.24) is 14.7 Å². The number of carbonyl (C=O) groups excluding carboxylic acids is 1. The highest BCUT2D eigenvalue weighted by Crippen LogP contribution is 2.36. The molecule has 0 saturated heterocycles. The summed E-state index contributed by atoms with van der Waals surface area (Å²) in [4.78, 5) is 29.1. The van der Waals surface area contributed by atoms with Crippen molar-refractivity contribution in [2.24, 2.45) is 5.92 Å². The van der Waals surface area contributed by atoms with Crippen LogP contribution in [0.25, 0.3) is 10.8 Å². The van der Waals surface area contributed by atoms with E-state index in [9.17, 15) is 9.59 Å². The van der Waals surface area contributed by atoms with Crippen LogP contribution >= 0.6 is 0 Å². The minimum atomic E-state index is -0.184. The van der Waals surface area contributed by atoms with Crippen LogP contribution in [0.1, 0.15) is 41.4 Å². The van der Waals surface area contributed by atoms with Crippen LogP contribution in [0.5, 0.6) is 0 Å². The molecule has 166 valence electrons. The van der Waals surface area contributed by atoms with Crippen molar-refractivity contribution < 1.29 is 4.79 Å². The normalized spacial score (nSPS) is 14.2. The molecule has 1 amide bonds. The third-order valence-corrected chi connectivity index (χ3v) is 6.50. The molecule has 1 aromatic heterocycles. The second-order valence-corrected chi connectivity index (χ2v) is 8.84. The lowest BCUT2D eigenvalue weighted by atomic mass is 10.1. The van der Waals surface area contributed by atoms with Crippen molar-refractivity contribution in [2.75, 3.05) is 0 Å². The Morgan fingerprint density at radius 2 is 1.48 bits per heavy atom. The van der Waals surface area contributed by atoms with Crippen molar-refractivity contribution in [3.63, 3.8) is 0 Å². The van der Waals surface area contributed by atoms with E-state index in [-0.39, 0.29) is 17.5 Å². The maximum atomic E-state index is 14.0. The van der Waals surface area contributed by atoms with Crippen LogP contribution < -0.4 is 5.56 Å². The number of hydrogen-bond donors (Lipinski definition) is 0. The van der Waals surface area contributed by atoms with Crippen molar-refractivity contribution >= 4 is 16.7 Å². The van der Waals surface area contributed by atoms with Crippen LogP contribution in [-0.2, 0) is 13.1 Å². The average Bonchev–Trinajstić information content (AvgIpc) is 3.70. The van der Waals surface area contributed by atoms with Gasteiger partial charge in [0.25, 0.3) is 11.5 Å². The van der Waals surface area contributed by atoms with Crippen molar-refractivity contribution in [1.29, 1.82) is 0 Å². The SMILES string of the molecule is CC(C1CC1)N(Cc1ccccc1)C(=O)c1nn(Cc2ccccc2)c(=O)c2ccccc12. The predicted octanol–water partition coefficient (Wildman–Crippen LogP) is 4.89. The molecule has 0 radical (unpaired) electrons. The van der Waals surface area contributed by atoms with E-state index in [0.717, 1.165) is 24.0 Å². The lowest BCUT2D eigenvalue weighted by molar-refractivity contribution is 0.0647. The zero-order valence-corrected chi connectivity index (χ0v) is 18.7. The molecule has 1 aliphatic rings. The summed E-state index contributed by atoms with van der Waals surface area (Å²) in [5.74, 6) is 0.385. The van der Waals surface area contributed by atoms with Crippen LogP contribution in [0.4, 0.5) is 0 Å². The molecule has 0 aliphatic heterocycles. The van der Waals surface area contributed by atoms with Gasteiger partial charge in [-0.25, -0.2) is 4.68 Å². The molecule has 0 bridgehead atoms. The third-order valence-electron chi connectivity index (χ3n) is 6.50. The molecule has 0 spiro atoms. The molecule has 1 saturated carbocycles. The molecule has 33 heavy (non-hydrogen) atoms. The summed E-state index contributed by atoms with van der Waals surface area (Å²) >= 11 is 0. The fourth-order valence-corrected chi connectivity index (χ4v) is 4.41. The van der Waals surface area contributed by atoms with E-state index >= 15 is 0 Å². The van der Waals surface area contributed by atoms with E-state index in [0.29, 0.717) is 35.5 Å². The second kappa shape index (κ2) is 9.02. The van der Waals surface area contributed by atoms with Crippen molar-refractivity contribution in [2.45, 2.75) is 38.9 Å². The first-order valence-electron chi connectivity index (χ1n) is 11.5. The molecule has 1 aliphatic carbocycles. The monoisotopic (exact) mass is 437 g/mol. The molecule has 1 atom stereocenters. The summed E-state index contributed by atoms with van der Waals surface area (Å²) in [5, 5.41) is 5.76. The Hall–Kier alpha value is -3.73. The fourth-order valence-electron chi connectivity index (χ4n) is 4.41. The minimum absolute atomic E-state index is 0.104. The smallest absolute Gasteiger partial charge is 0.275 e. The highest BCUT2D eigenvalue weighted by Gasteiger charge is 2.35. The number of nitrogens with zero attached hydrogens (tertiary/aromatic N) is 3. The zero-order valence-electron chi connectivity index (χ0n) is 18.7. The van der Waals surface area contributed by atoms with Crippen molar-refractivity contribution in [3.8, 4) is 0 Å². The number of fused-ring (bicyclic) bond motifs is 1. The van der Waals surface area contributed by atoms with Gasteiger partial charge in [0.1, 0.15) is 0 Å². The van der Waals surface area contributed by atoms with Crippen LogP contribution in [0.15, 0.2) is 89.7 Å². The minimum Gasteiger partial charge on any atom is -0.330 e. The molecule has 0 N–H and O–H groups in total. The first kappa shape index (κ1) is 21.1. The number of hydrogen-bond acceptors (Lipinski definition) is 3. The Bertz CT molecular complexity index is 1330. The van der Waals surface area contributed by atoms with Gasteiger partial charge in [0.05, 0.1) is 11.9 Å². The highest BCUT2D eigenvalue weighted by atomic mass is 16.2. The third kappa shape index (κ3) is 4.44. The quantitative estimate of drug-likeness (QED) is 0.414. The van der Waals surface area contributed by atoms with Crippen LogP contribution in [-0.4, -0.2) is 26.6 Å². The van der Waals surface area contributed by atoms with Gasteiger partial charge in [-0.1, -0.05) is 78.9 Å². The molecular weight excluding hydrogens is 410 g/mol. The van der Waals surface area contributed by atoms with Gasteiger partial charge in [-0.05, 0) is 42.9 Å². The van der Waals surface area contributed by atoms with Gasteiger partial charge in [0, 0.05) is 18.0 Å². The van der Waals surface area contributed by atoms with E-state index in [4.69, 9.17) is 0 Å². The van der Waals surface area contributed by atoms with E-state index < -0.39 is 0 Å². The van der Waals surface area contributed by atoms with E-state index in [2.05, 4.69) is 12.0 Å². The van der Waals surface area contributed by atoms with Gasteiger partial charge in [-0.3, -0.25) is 9.59 Å². The van der Waals surface area contributed by atoms with Crippen LogP contribution in [0.3, 0.4) is 0 Å². The molecular formula is C28H27N3O2. The summed E-state index contributed by atoms with van der Waals surface area (Å²) in [6.45, 7) is 2.97. The molecule has 5 rings (SSSR count). The number of carbonyl (C=O) groups is 1. The lowest BCUT2D eigenvalue weighted by Crippen LogP contribution is -2.41. The van der Waals surface area contributed by atoms with Crippen molar-refractivity contribution in [3.05, 3.63) is 112 Å². The molecule has 1 heterocycles. The van der Waals surface area contributed by atoms with Gasteiger partial charge in [-0.15, -0.1) is 0 Å². The zero-order chi connectivity index (χ0) is 22.8. The van der Waals surface area contributed by atoms with Crippen LogP contribution in [0, 0.1) is 5.92 Å². The summed E-state index contributed by atoms with van der Waals surface area (Å²) < 4.78 is 1.42. The Morgan fingerprint density at radius 1 is 0.909 bits per heavy atom. The molecule has 5 heteroatoms. The number of amides is 1. The topological polar surface area (TPSA) is 55.2 Å². The number of rotatable bonds is 7. The molecule has 5 nitrogen and oxygen atoms in total. The Balaban J connectivity index is 1.59. The largest absolute Gasteiger partial charge is 0.330 e. The summed E-state index contributed by atoms with van der Waals surface area (Å²) in [6, 6.07) is 27.2. The summed E-state index contributed by atoms with van der Waals surface area (Å²) in [7, 11) is 0. The molecule has 1 unspecified atom stereocenters. The molecule has 1 fully saturated rings. The summed E-state index contributed by atoms with van der Waals surface area (Å²) in [6.07, 6.45) is 2.28. The average molecular weight is 438 g/mol. The van der Waals surface area contributed by atoms with E-state index in [1.165, 1.54) is 4.68 Å². The van der Waals surface area contributed by atoms with Gasteiger partial charge in [0.15, 0.2) is 5.69 Å². The molecule has 4 aromatic rings. The Morgan fingerprint density at radius 3 is 2.12 bits per heavy atom. The Labute approximate surface area is 193 Å². The molecule has 3 aromatic carbocycles. The maximum absolute atomic E-state index is 14.0. The van der Waals surface area contributed by atoms with Crippen LogP contribution in [0.2, 0.25) is 0 Å². The van der Waals surface area contributed by atoms with Gasteiger partial charge < -0.3 is 4.90 Å². The van der Waals surface area contributed by atoms with Gasteiger partial charge in [-0.2, -0.15) is 5.10 Å². The highest BCUT2D eigenvalue weighted by molar-refractivity contribution is 6.04.